The van der Waals surface area contributed by atoms with Gasteiger partial charge in [0.05, 0.1) is 43.0 Å². The van der Waals surface area contributed by atoms with Gasteiger partial charge in [0.15, 0.2) is 5.78 Å². The molecular weight excluding hydrogens is 879 g/mol. The van der Waals surface area contributed by atoms with Gasteiger partial charge < -0.3 is 53.2 Å². The lowest BCUT2D eigenvalue weighted by atomic mass is 10.0. The molecule has 6 atom stereocenters. The molecule has 0 aliphatic rings. The first-order valence-corrected chi connectivity index (χ1v) is 20.6. The van der Waals surface area contributed by atoms with Crippen LogP contribution in [0.5, 0.6) is 0 Å². The summed E-state index contributed by atoms with van der Waals surface area (Å²) < 4.78 is 78.7. The molecule has 0 aromatic heterocycles. The van der Waals surface area contributed by atoms with Crippen LogP contribution in [0.2, 0.25) is 0 Å². The Morgan fingerprint density at radius 1 is 0.530 bits per heavy atom. The van der Waals surface area contributed by atoms with Gasteiger partial charge in [-0.2, -0.15) is 0 Å². The minimum atomic E-state index is -1.05. The number of benzene rings is 4. The largest absolute Gasteiger partial charge is 0.397 e. The molecule has 364 valence electrons. The highest BCUT2D eigenvalue weighted by atomic mass is 19.2. The highest BCUT2D eigenvalue weighted by Gasteiger charge is 2.23. The highest BCUT2D eigenvalue weighted by molar-refractivity contribution is 5.97. The summed E-state index contributed by atoms with van der Waals surface area (Å²) in [7, 11) is 0. The number of carbonyl (C=O) groups excluding carboxylic acids is 4. The van der Waals surface area contributed by atoms with Gasteiger partial charge in [-0.25, -0.2) is 26.3 Å². The topological polar surface area (TPSA) is 249 Å². The van der Waals surface area contributed by atoms with E-state index in [0.717, 1.165) is 54.6 Å². The number of amides is 3. The first kappa shape index (κ1) is 58.3. The van der Waals surface area contributed by atoms with Gasteiger partial charge in [-0.3, -0.25) is 19.2 Å². The Labute approximate surface area is 379 Å². The molecule has 4 aromatic carbocycles. The van der Waals surface area contributed by atoms with Crippen molar-refractivity contribution in [1.29, 1.82) is 0 Å². The number of nitrogens with two attached hydrogens (primary N) is 2. The van der Waals surface area contributed by atoms with Gasteiger partial charge in [-0.1, -0.05) is 30.3 Å². The van der Waals surface area contributed by atoms with E-state index in [1.807, 2.05) is 0 Å². The third kappa shape index (κ3) is 24.5. The summed E-state index contributed by atoms with van der Waals surface area (Å²) in [6.45, 7) is 5.75. The number of rotatable bonds is 19. The van der Waals surface area contributed by atoms with Crippen molar-refractivity contribution in [2.24, 2.45) is 11.5 Å². The van der Waals surface area contributed by atoms with Crippen LogP contribution in [0.15, 0.2) is 84.9 Å². The van der Waals surface area contributed by atoms with Crippen molar-refractivity contribution < 1.29 is 65.9 Å². The Hall–Kier alpha value is -5.74. The van der Waals surface area contributed by atoms with Crippen LogP contribution in [0.1, 0.15) is 54.7 Å². The van der Waals surface area contributed by atoms with E-state index in [1.54, 1.807) is 37.3 Å². The highest BCUT2D eigenvalue weighted by Crippen LogP contribution is 2.14. The van der Waals surface area contributed by atoms with E-state index in [0.29, 0.717) is 22.3 Å². The average Bonchev–Trinajstić information content (AvgIpc) is 3.22. The fourth-order valence-corrected chi connectivity index (χ4v) is 6.11. The maximum Gasteiger partial charge on any atom is 0.217 e. The predicted octanol–water partition coefficient (Wildman–Crippen LogP) is 2.51. The first-order chi connectivity index (χ1) is 31.1. The van der Waals surface area contributed by atoms with Crippen LogP contribution in [-0.2, 0) is 33.6 Å². The first-order valence-electron chi connectivity index (χ1n) is 20.6. The summed E-state index contributed by atoms with van der Waals surface area (Å²) in [6.07, 6.45) is -2.74. The molecule has 0 bridgehead atoms. The monoisotopic (exact) mass is 938 g/mol. The Morgan fingerprint density at radius 3 is 1.09 bits per heavy atom. The van der Waals surface area contributed by atoms with Gasteiger partial charge in [0.2, 0.25) is 17.7 Å². The van der Waals surface area contributed by atoms with Gasteiger partial charge in [-0.15, -0.1) is 0 Å². The maximum absolute atomic E-state index is 13.4. The second-order valence-corrected chi connectivity index (χ2v) is 14.8. The third-order valence-electron chi connectivity index (χ3n) is 8.91. The summed E-state index contributed by atoms with van der Waals surface area (Å²) in [4.78, 5) is 45.4. The lowest BCUT2D eigenvalue weighted by molar-refractivity contribution is -0.121. The zero-order valence-corrected chi connectivity index (χ0v) is 37.0. The van der Waals surface area contributed by atoms with E-state index >= 15 is 0 Å². The number of Topliss-reactive ketones (excluding diaryl/α,β-unsaturated/α-hetero) is 1. The molecule has 0 aliphatic heterocycles. The minimum Gasteiger partial charge on any atom is -0.397 e. The number of carbonyl (C=O) groups is 4. The molecule has 0 unspecified atom stereocenters. The van der Waals surface area contributed by atoms with Crippen molar-refractivity contribution in [2.75, 3.05) is 32.8 Å². The maximum atomic E-state index is 13.4. The molecule has 0 radical (unpaired) electrons. The fraction of sp³-hybridized carbons (Fsp3) is 0.391. The van der Waals surface area contributed by atoms with Crippen molar-refractivity contribution in [3.8, 4) is 0 Å². The number of ketones is 1. The Kier molecular flexibility index (Phi) is 27.6. The number of hydrogen-bond donors (Lipinski definition) is 10. The van der Waals surface area contributed by atoms with E-state index in [2.05, 4.69) is 21.3 Å². The van der Waals surface area contributed by atoms with E-state index in [9.17, 15) is 60.8 Å². The van der Waals surface area contributed by atoms with Gasteiger partial charge >= 0.3 is 0 Å². The molecule has 12 N–H and O–H groups in total. The van der Waals surface area contributed by atoms with Crippen molar-refractivity contribution in [2.45, 2.75) is 83.4 Å². The summed E-state index contributed by atoms with van der Waals surface area (Å²) in [5.41, 5.74) is 12.2. The number of aliphatic hydroxyl groups is 4. The van der Waals surface area contributed by atoms with E-state index < -0.39 is 71.3 Å². The van der Waals surface area contributed by atoms with Gasteiger partial charge in [0.25, 0.3) is 0 Å². The SMILES string of the molecule is CC(=O)N[C@@H](Cc1cc(F)cc(F)c1)[C@H](O)CN.CC(=O)N[C@@H](Cc1cc(F)cc(F)c1)[C@H](O)CN.CC(=O)N[C@@H](Cc1cc(F)cc(F)c1)[C@H](O)CNCC(=O)c1ccccc1.CCO. The summed E-state index contributed by atoms with van der Waals surface area (Å²) in [5.74, 6) is -5.46. The molecule has 0 spiro atoms. The van der Waals surface area contributed by atoms with Crippen molar-refractivity contribution in [1.82, 2.24) is 21.3 Å². The zero-order chi connectivity index (χ0) is 49.9. The molecule has 4 rings (SSSR count). The van der Waals surface area contributed by atoms with Crippen LogP contribution in [0.4, 0.5) is 26.3 Å². The van der Waals surface area contributed by atoms with Crippen LogP contribution < -0.4 is 32.7 Å². The normalized spacial score (nSPS) is 13.3. The van der Waals surface area contributed by atoms with E-state index in [1.165, 1.54) is 20.8 Å². The van der Waals surface area contributed by atoms with E-state index in [4.69, 9.17) is 16.6 Å². The summed E-state index contributed by atoms with van der Waals surface area (Å²) >= 11 is 0. The van der Waals surface area contributed by atoms with Gasteiger partial charge in [0, 0.05) is 70.8 Å². The third-order valence-corrected chi connectivity index (χ3v) is 8.91. The molecule has 0 heterocycles. The van der Waals surface area contributed by atoms with Gasteiger partial charge in [-0.05, 0) is 79.3 Å². The zero-order valence-electron chi connectivity index (χ0n) is 37.0. The van der Waals surface area contributed by atoms with Crippen LogP contribution in [0.25, 0.3) is 0 Å². The molecule has 0 fully saturated rings. The number of halogens is 6. The standard InChI is InChI=1S/C20H22F2N2O3.2C12H16F2N2O2.C2H6O/c1-13(25)24-18(9-14-7-16(21)10-17(22)8-14)20(27)12-23-11-19(26)15-5-3-2-4-6-15;2*1-7(17)16-11(12(18)6-15)4-8-2-9(13)5-10(14)3-8;1-2-3/h2-8,10,18,20,23,27H,9,11-12H2,1H3,(H,24,25);2*2-3,5,11-12,18H,4,6,15H2,1H3,(H,16,17);3H,2H2,1H3/t18-,20+;2*11-,12+;/m000./s1. The molecule has 0 saturated heterocycles. The smallest absolute Gasteiger partial charge is 0.217 e. The van der Waals surface area contributed by atoms with Crippen molar-refractivity contribution >= 4 is 23.5 Å². The molecule has 20 heteroatoms. The molecule has 14 nitrogen and oxygen atoms in total. The van der Waals surface area contributed by atoms with Crippen LogP contribution in [0.3, 0.4) is 0 Å². The summed E-state index contributed by atoms with van der Waals surface area (Å²) in [6, 6.07) is 15.8. The Balaban J connectivity index is 0.000000495. The second kappa shape index (κ2) is 31.2. The molecule has 0 saturated carbocycles. The number of aliphatic hydroxyl groups excluding tert-OH is 4. The minimum absolute atomic E-state index is 0.0163. The van der Waals surface area contributed by atoms with Crippen molar-refractivity contribution in [3.05, 3.63) is 142 Å². The number of nitrogens with one attached hydrogen (secondary N) is 4. The lowest BCUT2D eigenvalue weighted by Crippen LogP contribution is -2.48. The van der Waals surface area contributed by atoms with Gasteiger partial charge in [0.1, 0.15) is 34.9 Å². The fourth-order valence-electron chi connectivity index (χ4n) is 6.11. The predicted molar refractivity (Wildman–Crippen MR) is 236 cm³/mol. The van der Waals surface area contributed by atoms with Crippen LogP contribution >= 0.6 is 0 Å². The molecule has 66 heavy (non-hydrogen) atoms. The molecular formula is C46H60F6N6O8. The van der Waals surface area contributed by atoms with E-state index in [-0.39, 0.29) is 75.6 Å². The molecule has 0 aliphatic carbocycles. The molecule has 3 amide bonds. The lowest BCUT2D eigenvalue weighted by Gasteiger charge is -2.24. The quantitative estimate of drug-likeness (QED) is 0.0484. The summed E-state index contributed by atoms with van der Waals surface area (Å²) in [5, 5.41) is 47.6. The second-order valence-electron chi connectivity index (χ2n) is 14.8. The molecule has 4 aromatic rings. The van der Waals surface area contributed by atoms with Crippen molar-refractivity contribution in [3.63, 3.8) is 0 Å². The van der Waals surface area contributed by atoms with Crippen LogP contribution in [0, 0.1) is 34.9 Å². The van der Waals surface area contributed by atoms with Crippen LogP contribution in [-0.4, -0.2) is 113 Å². The Bertz CT molecular complexity index is 1970. The number of hydrogen-bond acceptors (Lipinski definition) is 11. The Morgan fingerprint density at radius 2 is 0.818 bits per heavy atom. The average molecular weight is 939 g/mol.